The van der Waals surface area contributed by atoms with Crippen LogP contribution in [0.25, 0.3) is 0 Å². The van der Waals surface area contributed by atoms with E-state index in [0.29, 0.717) is 4.47 Å². The predicted octanol–water partition coefficient (Wildman–Crippen LogP) is 5.55. The molecule has 1 N–H and O–H groups in total. The zero-order valence-corrected chi connectivity index (χ0v) is 20.5. The molecule has 178 valence electrons. The van der Waals surface area contributed by atoms with Crippen molar-refractivity contribution < 1.29 is 33.1 Å². The first-order valence-corrected chi connectivity index (χ1v) is 10.7. The van der Waals surface area contributed by atoms with Crippen LogP contribution in [0.2, 0.25) is 5.02 Å². The molecular formula is C21H21BrClFN2O7. The van der Waals surface area contributed by atoms with Crippen molar-refractivity contribution in [2.24, 2.45) is 0 Å². The highest BCUT2D eigenvalue weighted by molar-refractivity contribution is 9.10. The van der Waals surface area contributed by atoms with Gasteiger partial charge in [-0.05, 0) is 54.9 Å². The normalized spacial score (nSPS) is 12.0. The lowest BCUT2D eigenvalue weighted by molar-refractivity contribution is -0.386. The SMILES string of the molecule is COC(=O)[C@@H](Cc1ccc(Cl)c(Oc2cc(F)ccc2Br)c1[N+](=O)[O-])NC(=O)OC(C)(C)C. The van der Waals surface area contributed by atoms with Crippen LogP contribution in [-0.4, -0.2) is 35.7 Å². The third-order valence-electron chi connectivity index (χ3n) is 4.06. The fourth-order valence-corrected chi connectivity index (χ4v) is 3.24. The number of rotatable bonds is 7. The van der Waals surface area contributed by atoms with Gasteiger partial charge in [-0.3, -0.25) is 10.1 Å². The third-order valence-corrected chi connectivity index (χ3v) is 5.01. The Kier molecular flexibility index (Phi) is 8.62. The summed E-state index contributed by atoms with van der Waals surface area (Å²) in [5.74, 6) is -1.88. The van der Waals surface area contributed by atoms with E-state index in [2.05, 4.69) is 21.2 Å². The van der Waals surface area contributed by atoms with Crippen molar-refractivity contribution in [2.75, 3.05) is 7.11 Å². The molecule has 0 fully saturated rings. The average molecular weight is 548 g/mol. The molecule has 2 aromatic carbocycles. The largest absolute Gasteiger partial charge is 0.467 e. The van der Waals surface area contributed by atoms with Crippen LogP contribution in [0, 0.1) is 15.9 Å². The molecule has 0 aliphatic rings. The number of carbonyl (C=O) groups excluding carboxylic acids is 2. The number of hydrogen-bond acceptors (Lipinski definition) is 7. The second kappa shape index (κ2) is 10.8. The van der Waals surface area contributed by atoms with Crippen molar-refractivity contribution in [1.29, 1.82) is 0 Å². The highest BCUT2D eigenvalue weighted by atomic mass is 79.9. The van der Waals surface area contributed by atoms with Crippen LogP contribution in [0.5, 0.6) is 11.5 Å². The summed E-state index contributed by atoms with van der Waals surface area (Å²) in [6, 6.07) is 4.91. The number of hydrogen-bond donors (Lipinski definition) is 1. The smallest absolute Gasteiger partial charge is 0.408 e. The first-order chi connectivity index (χ1) is 15.3. The molecule has 1 amide bonds. The quantitative estimate of drug-likeness (QED) is 0.274. The fourth-order valence-electron chi connectivity index (χ4n) is 2.72. The molecule has 0 aliphatic carbocycles. The number of methoxy groups -OCH3 is 1. The van der Waals surface area contributed by atoms with E-state index in [9.17, 15) is 24.1 Å². The zero-order chi connectivity index (χ0) is 24.9. The molecule has 0 unspecified atom stereocenters. The van der Waals surface area contributed by atoms with E-state index >= 15 is 0 Å². The number of nitrogens with zero attached hydrogens (tertiary/aromatic N) is 1. The van der Waals surface area contributed by atoms with Gasteiger partial charge in [-0.1, -0.05) is 17.7 Å². The van der Waals surface area contributed by atoms with Crippen LogP contribution in [0.1, 0.15) is 26.3 Å². The van der Waals surface area contributed by atoms with Crippen LogP contribution in [0.4, 0.5) is 14.9 Å². The number of halogens is 3. The second-order valence-electron chi connectivity index (χ2n) is 7.74. The van der Waals surface area contributed by atoms with Gasteiger partial charge in [0.05, 0.1) is 21.5 Å². The summed E-state index contributed by atoms with van der Waals surface area (Å²) in [5.41, 5.74) is -1.38. The molecule has 33 heavy (non-hydrogen) atoms. The molecule has 0 heterocycles. The molecule has 0 aromatic heterocycles. The number of esters is 1. The highest BCUT2D eigenvalue weighted by Crippen LogP contribution is 2.42. The van der Waals surface area contributed by atoms with E-state index in [1.165, 1.54) is 24.3 Å². The topological polar surface area (TPSA) is 117 Å². The van der Waals surface area contributed by atoms with Gasteiger partial charge in [0.25, 0.3) is 0 Å². The summed E-state index contributed by atoms with van der Waals surface area (Å²) in [7, 11) is 1.11. The average Bonchev–Trinajstić information content (AvgIpc) is 2.70. The van der Waals surface area contributed by atoms with Crippen LogP contribution < -0.4 is 10.1 Å². The minimum absolute atomic E-state index is 0.0124. The maximum absolute atomic E-state index is 13.7. The highest BCUT2D eigenvalue weighted by Gasteiger charge is 2.31. The third kappa shape index (κ3) is 7.29. The molecule has 0 aliphatic heterocycles. The molecule has 2 rings (SSSR count). The number of nitro groups is 1. The van der Waals surface area contributed by atoms with E-state index in [-0.39, 0.29) is 28.5 Å². The Hall–Kier alpha value is -2.92. The Labute approximate surface area is 202 Å². The number of nitrogens with one attached hydrogen (secondary N) is 1. The van der Waals surface area contributed by atoms with Crippen molar-refractivity contribution in [3.63, 3.8) is 0 Å². The van der Waals surface area contributed by atoms with E-state index in [4.69, 9.17) is 25.8 Å². The van der Waals surface area contributed by atoms with E-state index < -0.39 is 40.1 Å². The van der Waals surface area contributed by atoms with E-state index in [0.717, 1.165) is 13.2 Å². The maximum Gasteiger partial charge on any atom is 0.408 e. The Balaban J connectivity index is 2.46. The van der Waals surface area contributed by atoms with Crippen molar-refractivity contribution in [1.82, 2.24) is 5.32 Å². The first kappa shape index (κ1) is 26.3. The van der Waals surface area contributed by atoms with E-state index in [1.807, 2.05) is 0 Å². The summed E-state index contributed by atoms with van der Waals surface area (Å²) >= 11 is 9.34. The summed E-state index contributed by atoms with van der Waals surface area (Å²) in [4.78, 5) is 35.6. The molecule has 0 spiro atoms. The van der Waals surface area contributed by atoms with Crippen LogP contribution >= 0.6 is 27.5 Å². The number of benzene rings is 2. The van der Waals surface area contributed by atoms with Gasteiger partial charge in [-0.15, -0.1) is 0 Å². The lowest BCUT2D eigenvalue weighted by Gasteiger charge is -2.22. The minimum Gasteiger partial charge on any atom is -0.467 e. The number of carbonyl (C=O) groups is 2. The number of amides is 1. The van der Waals surface area contributed by atoms with Crippen molar-refractivity contribution in [3.05, 3.63) is 61.3 Å². The molecule has 12 heteroatoms. The van der Waals surface area contributed by atoms with E-state index in [1.54, 1.807) is 20.8 Å². The predicted molar refractivity (Wildman–Crippen MR) is 121 cm³/mol. The minimum atomic E-state index is -1.31. The molecule has 0 radical (unpaired) electrons. The van der Waals surface area contributed by atoms with Gasteiger partial charge in [0.2, 0.25) is 5.75 Å². The first-order valence-electron chi connectivity index (χ1n) is 9.48. The summed E-state index contributed by atoms with van der Waals surface area (Å²) in [6.45, 7) is 4.91. The van der Waals surface area contributed by atoms with Gasteiger partial charge in [0.15, 0.2) is 0 Å². The lowest BCUT2D eigenvalue weighted by Crippen LogP contribution is -2.45. The number of ether oxygens (including phenoxy) is 3. The fraction of sp³-hybridized carbons (Fsp3) is 0.333. The molecule has 0 saturated heterocycles. The van der Waals surface area contributed by atoms with Crippen molar-refractivity contribution in [2.45, 2.75) is 38.8 Å². The molecule has 0 saturated carbocycles. The van der Waals surface area contributed by atoms with Gasteiger partial charge in [-0.2, -0.15) is 0 Å². The lowest BCUT2D eigenvalue weighted by atomic mass is 10.0. The van der Waals surface area contributed by atoms with Crippen LogP contribution in [0.3, 0.4) is 0 Å². The number of nitro benzene ring substituents is 1. The summed E-state index contributed by atoms with van der Waals surface area (Å²) < 4.78 is 29.4. The Morgan fingerprint density at radius 3 is 2.52 bits per heavy atom. The van der Waals surface area contributed by atoms with Crippen molar-refractivity contribution >= 4 is 45.3 Å². The van der Waals surface area contributed by atoms with Crippen molar-refractivity contribution in [3.8, 4) is 11.5 Å². The van der Waals surface area contributed by atoms with Crippen LogP contribution in [-0.2, 0) is 20.7 Å². The summed E-state index contributed by atoms with van der Waals surface area (Å²) in [6.07, 6.45) is -1.24. The van der Waals surface area contributed by atoms with Gasteiger partial charge in [0.1, 0.15) is 23.2 Å². The van der Waals surface area contributed by atoms with Gasteiger partial charge < -0.3 is 19.5 Å². The Morgan fingerprint density at radius 2 is 1.94 bits per heavy atom. The monoisotopic (exact) mass is 546 g/mol. The summed E-state index contributed by atoms with van der Waals surface area (Å²) in [5, 5.41) is 14.2. The number of alkyl carbamates (subject to hydrolysis) is 1. The Bertz CT molecular complexity index is 1080. The zero-order valence-electron chi connectivity index (χ0n) is 18.1. The molecule has 2 aromatic rings. The molecular weight excluding hydrogens is 527 g/mol. The van der Waals surface area contributed by atoms with Gasteiger partial charge in [-0.25, -0.2) is 14.0 Å². The van der Waals surface area contributed by atoms with Gasteiger partial charge in [0, 0.05) is 18.1 Å². The van der Waals surface area contributed by atoms with Crippen LogP contribution in [0.15, 0.2) is 34.8 Å². The maximum atomic E-state index is 13.7. The molecule has 9 nitrogen and oxygen atoms in total. The van der Waals surface area contributed by atoms with Gasteiger partial charge >= 0.3 is 17.7 Å². The second-order valence-corrected chi connectivity index (χ2v) is 9.01. The Morgan fingerprint density at radius 1 is 1.27 bits per heavy atom. The standard InChI is InChI=1S/C21H21BrClFN2O7/c1-21(2,3)33-20(28)25-15(19(27)31-4)9-11-5-8-14(23)18(17(11)26(29)30)32-16-10-12(24)6-7-13(16)22/h5-8,10,15H,9H2,1-4H3,(H,25,28)/t15-/m1/s1. The molecule has 0 bridgehead atoms. The molecule has 1 atom stereocenters.